The number of hydrogen-bond acceptors (Lipinski definition) is 3. The van der Waals surface area contributed by atoms with Gasteiger partial charge in [0, 0.05) is 18.0 Å². The lowest BCUT2D eigenvalue weighted by atomic mass is 10.0. The summed E-state index contributed by atoms with van der Waals surface area (Å²) in [6.45, 7) is 2.14. The van der Waals surface area contributed by atoms with Gasteiger partial charge in [-0.05, 0) is 12.0 Å². The molecule has 17 heavy (non-hydrogen) atoms. The average molecular weight is 226 g/mol. The first-order chi connectivity index (χ1) is 8.31. The Labute approximate surface area is 101 Å². The van der Waals surface area contributed by atoms with Crippen LogP contribution in [0.15, 0.2) is 42.9 Å². The molecule has 0 atom stereocenters. The molecule has 3 heteroatoms. The number of benzene rings is 1. The highest BCUT2D eigenvalue weighted by Crippen LogP contribution is 2.10. The second-order valence-electron chi connectivity index (χ2n) is 3.87. The molecule has 0 saturated carbocycles. The van der Waals surface area contributed by atoms with E-state index in [1.165, 1.54) is 18.0 Å². The summed E-state index contributed by atoms with van der Waals surface area (Å²) in [7, 11) is 0. The molecule has 0 saturated heterocycles. The summed E-state index contributed by atoms with van der Waals surface area (Å²) in [6.07, 6.45) is 6.72. The van der Waals surface area contributed by atoms with Gasteiger partial charge in [-0.2, -0.15) is 0 Å². The molecule has 1 aromatic carbocycles. The molecule has 0 bridgehead atoms. The summed E-state index contributed by atoms with van der Waals surface area (Å²) in [4.78, 5) is 19.9. The van der Waals surface area contributed by atoms with Crippen LogP contribution in [0.5, 0.6) is 0 Å². The van der Waals surface area contributed by atoms with Crippen LogP contribution in [0.1, 0.15) is 35.0 Å². The van der Waals surface area contributed by atoms with Crippen molar-refractivity contribution in [1.82, 2.24) is 9.97 Å². The maximum Gasteiger partial charge on any atom is 0.212 e. The van der Waals surface area contributed by atoms with Crippen molar-refractivity contribution in [2.75, 3.05) is 0 Å². The lowest BCUT2D eigenvalue weighted by molar-refractivity contribution is 0.103. The van der Waals surface area contributed by atoms with Crippen LogP contribution in [0.25, 0.3) is 0 Å². The Morgan fingerprint density at radius 2 is 1.94 bits per heavy atom. The number of hydrogen-bond donors (Lipinski definition) is 0. The molecule has 0 fully saturated rings. The number of aryl methyl sites for hydroxylation is 1. The number of aromatic nitrogens is 2. The van der Waals surface area contributed by atoms with Gasteiger partial charge < -0.3 is 0 Å². The predicted molar refractivity (Wildman–Crippen MR) is 65.9 cm³/mol. The molecular formula is C14H14N2O. The smallest absolute Gasteiger partial charge is 0.212 e. The second-order valence-corrected chi connectivity index (χ2v) is 3.87. The number of rotatable bonds is 4. The molecule has 3 nitrogen and oxygen atoms in total. The van der Waals surface area contributed by atoms with Crippen LogP contribution in [0.3, 0.4) is 0 Å². The molecule has 1 aromatic heterocycles. The Bertz CT molecular complexity index is 491. The average Bonchev–Trinajstić information content (AvgIpc) is 2.40. The van der Waals surface area contributed by atoms with E-state index in [-0.39, 0.29) is 5.78 Å². The van der Waals surface area contributed by atoms with Gasteiger partial charge in [0.15, 0.2) is 0 Å². The molecule has 0 amide bonds. The van der Waals surface area contributed by atoms with E-state index in [0.29, 0.717) is 11.3 Å². The predicted octanol–water partition coefficient (Wildman–Crippen LogP) is 2.66. The van der Waals surface area contributed by atoms with Crippen molar-refractivity contribution in [3.63, 3.8) is 0 Å². The van der Waals surface area contributed by atoms with Crippen LogP contribution in [0.2, 0.25) is 0 Å². The highest BCUT2D eigenvalue weighted by atomic mass is 16.1. The Kier molecular flexibility index (Phi) is 3.60. The van der Waals surface area contributed by atoms with E-state index in [1.54, 1.807) is 6.20 Å². The highest BCUT2D eigenvalue weighted by molar-refractivity contribution is 6.07. The zero-order chi connectivity index (χ0) is 12.1. The van der Waals surface area contributed by atoms with Crippen molar-refractivity contribution in [2.24, 2.45) is 0 Å². The minimum atomic E-state index is -0.0823. The maximum absolute atomic E-state index is 12.0. The van der Waals surface area contributed by atoms with Gasteiger partial charge in [-0.15, -0.1) is 0 Å². The molecule has 0 spiro atoms. The molecule has 1 heterocycles. The minimum Gasteiger partial charge on any atom is -0.287 e. The first-order valence-electron chi connectivity index (χ1n) is 5.71. The third kappa shape index (κ3) is 2.75. The summed E-state index contributed by atoms with van der Waals surface area (Å²) in [6, 6.07) is 7.68. The Morgan fingerprint density at radius 3 is 2.53 bits per heavy atom. The standard InChI is InChI=1S/C14H14N2O/c1-2-3-11-4-6-12(7-5-11)14(17)13-10-15-8-9-16-13/h4-10H,2-3H2,1H3. The van der Waals surface area contributed by atoms with E-state index in [9.17, 15) is 4.79 Å². The van der Waals surface area contributed by atoms with E-state index in [2.05, 4.69) is 16.9 Å². The van der Waals surface area contributed by atoms with Crippen molar-refractivity contribution in [1.29, 1.82) is 0 Å². The van der Waals surface area contributed by atoms with Crippen molar-refractivity contribution < 1.29 is 4.79 Å². The van der Waals surface area contributed by atoms with Crippen LogP contribution in [0.4, 0.5) is 0 Å². The third-order valence-corrected chi connectivity index (χ3v) is 2.55. The summed E-state index contributed by atoms with van der Waals surface area (Å²) in [5.41, 5.74) is 2.30. The summed E-state index contributed by atoms with van der Waals surface area (Å²) in [5, 5.41) is 0. The van der Waals surface area contributed by atoms with Gasteiger partial charge in [-0.3, -0.25) is 9.78 Å². The zero-order valence-corrected chi connectivity index (χ0v) is 9.76. The molecule has 0 aliphatic carbocycles. The van der Waals surface area contributed by atoms with Gasteiger partial charge >= 0.3 is 0 Å². The largest absolute Gasteiger partial charge is 0.287 e. The Morgan fingerprint density at radius 1 is 1.18 bits per heavy atom. The number of carbonyl (C=O) groups is 1. The van der Waals surface area contributed by atoms with Crippen molar-refractivity contribution in [3.05, 3.63) is 59.7 Å². The number of ketones is 1. The summed E-state index contributed by atoms with van der Waals surface area (Å²) < 4.78 is 0. The van der Waals surface area contributed by atoms with Gasteiger partial charge in [0.05, 0.1) is 6.20 Å². The first kappa shape index (κ1) is 11.5. The fraction of sp³-hybridized carbons (Fsp3) is 0.214. The molecule has 0 aliphatic rings. The molecule has 0 N–H and O–H groups in total. The quantitative estimate of drug-likeness (QED) is 0.753. The topological polar surface area (TPSA) is 42.9 Å². The maximum atomic E-state index is 12.0. The van der Waals surface area contributed by atoms with E-state index in [0.717, 1.165) is 12.8 Å². The number of carbonyl (C=O) groups excluding carboxylic acids is 1. The normalized spacial score (nSPS) is 10.2. The molecule has 2 rings (SSSR count). The Hall–Kier alpha value is -2.03. The third-order valence-electron chi connectivity index (χ3n) is 2.55. The van der Waals surface area contributed by atoms with Crippen LogP contribution in [-0.4, -0.2) is 15.8 Å². The van der Waals surface area contributed by atoms with Crippen LogP contribution in [-0.2, 0) is 6.42 Å². The SMILES string of the molecule is CCCc1ccc(C(=O)c2cnccn2)cc1. The summed E-state index contributed by atoms with van der Waals surface area (Å²) >= 11 is 0. The highest BCUT2D eigenvalue weighted by Gasteiger charge is 2.09. The van der Waals surface area contributed by atoms with Gasteiger partial charge in [-0.25, -0.2) is 4.98 Å². The first-order valence-corrected chi connectivity index (χ1v) is 5.71. The van der Waals surface area contributed by atoms with Crippen LogP contribution >= 0.6 is 0 Å². The molecule has 0 radical (unpaired) electrons. The second kappa shape index (κ2) is 5.34. The van der Waals surface area contributed by atoms with Gasteiger partial charge in [-0.1, -0.05) is 37.6 Å². The Balaban J connectivity index is 2.20. The summed E-state index contributed by atoms with van der Waals surface area (Å²) in [5.74, 6) is -0.0823. The molecule has 0 aliphatic heterocycles. The fourth-order valence-electron chi connectivity index (χ4n) is 1.68. The van der Waals surface area contributed by atoms with Crippen LogP contribution < -0.4 is 0 Å². The van der Waals surface area contributed by atoms with Gasteiger partial charge in [0.25, 0.3) is 0 Å². The fourth-order valence-corrected chi connectivity index (χ4v) is 1.68. The molecule has 2 aromatic rings. The van der Waals surface area contributed by atoms with E-state index >= 15 is 0 Å². The monoisotopic (exact) mass is 226 g/mol. The lowest BCUT2D eigenvalue weighted by Crippen LogP contribution is -2.04. The molecule has 0 unspecified atom stereocenters. The molecular weight excluding hydrogens is 212 g/mol. The van der Waals surface area contributed by atoms with E-state index in [4.69, 9.17) is 0 Å². The lowest BCUT2D eigenvalue weighted by Gasteiger charge is -2.02. The van der Waals surface area contributed by atoms with Crippen molar-refractivity contribution in [2.45, 2.75) is 19.8 Å². The zero-order valence-electron chi connectivity index (χ0n) is 9.76. The van der Waals surface area contributed by atoms with Gasteiger partial charge in [0.1, 0.15) is 5.69 Å². The van der Waals surface area contributed by atoms with E-state index in [1.807, 2.05) is 24.3 Å². The molecule has 86 valence electrons. The van der Waals surface area contributed by atoms with Crippen molar-refractivity contribution >= 4 is 5.78 Å². The van der Waals surface area contributed by atoms with Crippen LogP contribution in [0, 0.1) is 0 Å². The van der Waals surface area contributed by atoms with Gasteiger partial charge in [0.2, 0.25) is 5.78 Å². The number of nitrogens with zero attached hydrogens (tertiary/aromatic N) is 2. The van der Waals surface area contributed by atoms with E-state index < -0.39 is 0 Å². The van der Waals surface area contributed by atoms with Crippen molar-refractivity contribution in [3.8, 4) is 0 Å². The minimum absolute atomic E-state index is 0.0823.